The SMILES string of the molecule is CC/C=C\C/C=C\C/C=C\C/C=C\C/C=C\C/C=C\CCC(=O)OC(COCCC(C(=O)[O-])[N+](C)(C)C)COC(=O)CCCCCCCCCCCCCCCCC. The van der Waals surface area contributed by atoms with Gasteiger partial charge in [0.15, 0.2) is 6.10 Å². The van der Waals surface area contributed by atoms with E-state index in [1.54, 1.807) is 21.1 Å². The second-order valence-electron chi connectivity index (χ2n) is 16.3. The second kappa shape index (κ2) is 40.5. The van der Waals surface area contributed by atoms with Crippen LogP contribution in [0.3, 0.4) is 0 Å². The number of carboxylic acids is 1. The van der Waals surface area contributed by atoms with Gasteiger partial charge >= 0.3 is 11.9 Å². The molecular weight excluding hydrogens is 727 g/mol. The van der Waals surface area contributed by atoms with E-state index in [0.717, 1.165) is 57.8 Å². The van der Waals surface area contributed by atoms with Crippen LogP contribution in [-0.2, 0) is 28.6 Å². The van der Waals surface area contributed by atoms with E-state index in [2.05, 4.69) is 74.6 Å². The quantitative estimate of drug-likeness (QED) is 0.0263. The van der Waals surface area contributed by atoms with Gasteiger partial charge < -0.3 is 28.6 Å². The number of hydrogen-bond acceptors (Lipinski definition) is 7. The lowest BCUT2D eigenvalue weighted by atomic mass is 10.0. The highest BCUT2D eigenvalue weighted by atomic mass is 16.6. The van der Waals surface area contributed by atoms with Crippen LogP contribution >= 0.6 is 0 Å². The third kappa shape index (κ3) is 38.3. The molecule has 0 heterocycles. The monoisotopic (exact) mass is 812 g/mol. The lowest BCUT2D eigenvalue weighted by Crippen LogP contribution is -2.55. The average molecular weight is 812 g/mol. The molecule has 0 saturated carbocycles. The highest BCUT2D eigenvalue weighted by molar-refractivity contribution is 5.70. The Kier molecular flexibility index (Phi) is 38.3. The summed E-state index contributed by atoms with van der Waals surface area (Å²) in [5.41, 5.74) is 0. The van der Waals surface area contributed by atoms with Gasteiger partial charge in [0.05, 0.1) is 40.3 Å². The first-order valence-corrected chi connectivity index (χ1v) is 23.0. The van der Waals surface area contributed by atoms with Crippen LogP contribution in [0.1, 0.15) is 174 Å². The molecule has 332 valence electrons. The summed E-state index contributed by atoms with van der Waals surface area (Å²) in [4.78, 5) is 36.9. The van der Waals surface area contributed by atoms with Crippen molar-refractivity contribution in [2.75, 3.05) is 41.0 Å². The zero-order valence-corrected chi connectivity index (χ0v) is 37.7. The molecule has 0 aromatic rings. The topological polar surface area (TPSA) is 102 Å². The van der Waals surface area contributed by atoms with E-state index in [9.17, 15) is 19.5 Å². The number of esters is 2. The molecule has 0 rings (SSSR count). The van der Waals surface area contributed by atoms with Crippen LogP contribution in [0.4, 0.5) is 0 Å². The van der Waals surface area contributed by atoms with Gasteiger partial charge in [0, 0.05) is 19.3 Å². The minimum absolute atomic E-state index is 0.00873. The number of hydrogen-bond donors (Lipinski definition) is 0. The van der Waals surface area contributed by atoms with Crippen molar-refractivity contribution in [2.24, 2.45) is 0 Å². The predicted octanol–water partition coefficient (Wildman–Crippen LogP) is 11.4. The number of unbranched alkanes of at least 4 members (excludes halogenated alkanes) is 14. The van der Waals surface area contributed by atoms with Crippen molar-refractivity contribution in [3.05, 3.63) is 72.9 Å². The van der Waals surface area contributed by atoms with Gasteiger partial charge in [-0.2, -0.15) is 0 Å². The standard InChI is InChI=1S/C50H85NO7/c1-6-8-10-12-14-16-18-20-22-23-24-25-27-29-31-33-35-37-39-41-49(53)58-46(44-56-43-42-47(50(54)55)51(3,4)5)45-57-48(52)40-38-36-34-32-30-28-26-21-19-17-15-13-11-9-7-2/h8,10,14,16,20,22,24-25,29,31,35,37,46-47H,6-7,9,11-13,15,17-19,21,23,26-28,30,32-34,36,38-45H2,1-5H3/b10-8-,16-14-,22-20-,25-24-,31-29-,37-35-. The normalized spacial score (nSPS) is 13.6. The molecule has 0 aliphatic rings. The number of aliphatic carboxylic acids is 1. The molecule has 0 aromatic heterocycles. The number of carboxylic acid groups (broad SMARTS) is 1. The maximum atomic E-state index is 12.7. The van der Waals surface area contributed by atoms with Crippen molar-refractivity contribution >= 4 is 17.9 Å². The Balaban J connectivity index is 4.46. The third-order valence-corrected chi connectivity index (χ3v) is 9.87. The lowest BCUT2D eigenvalue weighted by Gasteiger charge is -2.34. The first kappa shape index (κ1) is 54.8. The Morgan fingerprint density at radius 1 is 0.534 bits per heavy atom. The van der Waals surface area contributed by atoms with E-state index in [1.165, 1.54) is 77.0 Å². The molecule has 8 nitrogen and oxygen atoms in total. The summed E-state index contributed by atoms with van der Waals surface area (Å²) in [6.07, 6.45) is 50.8. The summed E-state index contributed by atoms with van der Waals surface area (Å²) in [7, 11) is 5.38. The second-order valence-corrected chi connectivity index (χ2v) is 16.3. The van der Waals surface area contributed by atoms with Crippen molar-refractivity contribution in [3.63, 3.8) is 0 Å². The van der Waals surface area contributed by atoms with Gasteiger partial charge in [0.25, 0.3) is 0 Å². The van der Waals surface area contributed by atoms with Gasteiger partial charge in [-0.25, -0.2) is 0 Å². The molecule has 0 spiro atoms. The predicted molar refractivity (Wildman–Crippen MR) is 240 cm³/mol. The first-order chi connectivity index (χ1) is 28.1. The van der Waals surface area contributed by atoms with Crippen molar-refractivity contribution in [1.29, 1.82) is 0 Å². The number of carbonyl (C=O) groups is 3. The van der Waals surface area contributed by atoms with Crippen LogP contribution in [0.25, 0.3) is 0 Å². The fraction of sp³-hybridized carbons (Fsp3) is 0.700. The summed E-state index contributed by atoms with van der Waals surface area (Å²) in [6.45, 7) is 4.47. The highest BCUT2D eigenvalue weighted by Gasteiger charge is 2.25. The van der Waals surface area contributed by atoms with E-state index >= 15 is 0 Å². The van der Waals surface area contributed by atoms with Gasteiger partial charge in [-0.3, -0.25) is 9.59 Å². The Morgan fingerprint density at radius 3 is 1.40 bits per heavy atom. The zero-order chi connectivity index (χ0) is 42.8. The van der Waals surface area contributed by atoms with Crippen LogP contribution < -0.4 is 5.11 Å². The van der Waals surface area contributed by atoms with E-state index in [0.29, 0.717) is 12.8 Å². The number of ether oxygens (including phenoxy) is 3. The van der Waals surface area contributed by atoms with Crippen LogP contribution in [0, 0.1) is 0 Å². The van der Waals surface area contributed by atoms with Crippen LogP contribution in [-0.4, -0.2) is 75.5 Å². The van der Waals surface area contributed by atoms with Crippen molar-refractivity contribution < 1.29 is 38.2 Å². The minimum atomic E-state index is -1.14. The summed E-state index contributed by atoms with van der Waals surface area (Å²) in [5.74, 6) is -1.84. The van der Waals surface area contributed by atoms with Gasteiger partial charge in [0.1, 0.15) is 12.6 Å². The molecule has 2 atom stereocenters. The van der Waals surface area contributed by atoms with Gasteiger partial charge in [-0.1, -0.05) is 177 Å². The molecule has 0 fully saturated rings. The fourth-order valence-electron chi connectivity index (χ4n) is 6.33. The molecule has 0 amide bonds. The maximum Gasteiger partial charge on any atom is 0.306 e. The number of nitrogens with zero attached hydrogens (tertiary/aromatic N) is 1. The van der Waals surface area contributed by atoms with Crippen LogP contribution in [0.15, 0.2) is 72.9 Å². The van der Waals surface area contributed by atoms with Crippen LogP contribution in [0.2, 0.25) is 0 Å². The van der Waals surface area contributed by atoms with E-state index < -0.39 is 24.1 Å². The Morgan fingerprint density at radius 2 is 0.966 bits per heavy atom. The van der Waals surface area contributed by atoms with Crippen LogP contribution in [0.5, 0.6) is 0 Å². The Bertz CT molecular complexity index is 1180. The summed E-state index contributed by atoms with van der Waals surface area (Å²) in [5, 5.41) is 11.6. The molecule has 0 saturated heterocycles. The molecule has 0 N–H and O–H groups in total. The molecular formula is C50H85NO7. The number of quaternary nitrogens is 1. The molecule has 0 aromatic carbocycles. The van der Waals surface area contributed by atoms with E-state index in [4.69, 9.17) is 14.2 Å². The van der Waals surface area contributed by atoms with E-state index in [-0.39, 0.29) is 43.1 Å². The molecule has 0 aliphatic carbocycles. The molecule has 2 unspecified atom stereocenters. The summed E-state index contributed by atoms with van der Waals surface area (Å²) >= 11 is 0. The summed E-state index contributed by atoms with van der Waals surface area (Å²) in [6, 6.07) is -0.741. The zero-order valence-electron chi connectivity index (χ0n) is 37.7. The number of likely N-dealkylation sites (N-methyl/N-ethyl adjacent to an activating group) is 1. The minimum Gasteiger partial charge on any atom is -0.544 e. The van der Waals surface area contributed by atoms with Gasteiger partial charge in [-0.15, -0.1) is 0 Å². The molecule has 58 heavy (non-hydrogen) atoms. The van der Waals surface area contributed by atoms with Crippen molar-refractivity contribution in [2.45, 2.75) is 187 Å². The molecule has 8 heteroatoms. The Labute approximate surface area is 355 Å². The van der Waals surface area contributed by atoms with Crippen molar-refractivity contribution in [3.8, 4) is 0 Å². The number of rotatable bonds is 40. The molecule has 0 bridgehead atoms. The maximum absolute atomic E-state index is 12.7. The lowest BCUT2D eigenvalue weighted by molar-refractivity contribution is -0.889. The Hall–Kier alpha value is -3.23. The van der Waals surface area contributed by atoms with Gasteiger partial charge in [-0.05, 0) is 51.4 Å². The third-order valence-electron chi connectivity index (χ3n) is 9.87. The van der Waals surface area contributed by atoms with E-state index in [1.807, 2.05) is 12.2 Å². The van der Waals surface area contributed by atoms with Crippen molar-refractivity contribution in [1.82, 2.24) is 0 Å². The summed E-state index contributed by atoms with van der Waals surface area (Å²) < 4.78 is 17.1. The smallest absolute Gasteiger partial charge is 0.306 e. The largest absolute Gasteiger partial charge is 0.544 e. The highest BCUT2D eigenvalue weighted by Crippen LogP contribution is 2.14. The number of carbonyl (C=O) groups excluding carboxylic acids is 3. The van der Waals surface area contributed by atoms with Gasteiger partial charge in [0.2, 0.25) is 0 Å². The first-order valence-electron chi connectivity index (χ1n) is 23.0. The fourth-order valence-corrected chi connectivity index (χ4v) is 6.33. The molecule has 0 radical (unpaired) electrons. The number of allylic oxidation sites excluding steroid dienone is 12. The molecule has 0 aliphatic heterocycles. The average Bonchev–Trinajstić information content (AvgIpc) is 3.18.